The predicted molar refractivity (Wildman–Crippen MR) is 77.0 cm³/mol. The van der Waals surface area contributed by atoms with Crippen molar-refractivity contribution >= 4 is 5.97 Å². The summed E-state index contributed by atoms with van der Waals surface area (Å²) in [5.41, 5.74) is 0.656. The molecule has 0 aromatic carbocycles. The Morgan fingerprint density at radius 3 is 2.37 bits per heavy atom. The molecule has 0 radical (unpaired) electrons. The van der Waals surface area contributed by atoms with Crippen molar-refractivity contribution in [1.82, 2.24) is 5.32 Å². The third kappa shape index (κ3) is 3.71. The topological polar surface area (TPSA) is 38.3 Å². The minimum absolute atomic E-state index is 0.111. The van der Waals surface area contributed by atoms with Crippen LogP contribution in [-0.4, -0.2) is 25.2 Å². The first-order chi connectivity index (χ1) is 9.19. The monoisotopic (exact) mass is 267 g/mol. The number of nitrogens with one attached hydrogen (secondary N) is 1. The summed E-state index contributed by atoms with van der Waals surface area (Å²) in [7, 11) is 1.48. The van der Waals surface area contributed by atoms with Crippen LogP contribution >= 0.6 is 0 Å². The molecule has 2 rings (SSSR count). The maximum Gasteiger partial charge on any atom is 0.322 e. The van der Waals surface area contributed by atoms with E-state index in [2.05, 4.69) is 5.32 Å². The Bertz CT molecular complexity index is 287. The van der Waals surface area contributed by atoms with E-state index in [1.807, 2.05) is 6.92 Å². The molecule has 0 saturated heterocycles. The first-order valence-electron chi connectivity index (χ1n) is 8.03. The second-order valence-electron chi connectivity index (χ2n) is 6.49. The van der Waals surface area contributed by atoms with Crippen LogP contribution in [0.5, 0.6) is 0 Å². The molecule has 0 heterocycles. The van der Waals surface area contributed by atoms with Gasteiger partial charge in [-0.25, -0.2) is 0 Å². The van der Waals surface area contributed by atoms with Gasteiger partial charge in [-0.1, -0.05) is 26.2 Å². The lowest BCUT2D eigenvalue weighted by molar-refractivity contribution is -0.143. The molecule has 19 heavy (non-hydrogen) atoms. The van der Waals surface area contributed by atoms with Gasteiger partial charge in [-0.15, -0.1) is 0 Å². The van der Waals surface area contributed by atoms with Crippen LogP contribution in [0.1, 0.15) is 71.1 Å². The third-order valence-electron chi connectivity index (χ3n) is 5.29. The third-order valence-corrected chi connectivity index (χ3v) is 5.29. The van der Waals surface area contributed by atoms with Crippen LogP contribution < -0.4 is 5.32 Å². The fraction of sp³-hybridized carbons (Fsp3) is 0.938. The van der Waals surface area contributed by atoms with Crippen molar-refractivity contribution in [3.05, 3.63) is 0 Å². The molecule has 0 bridgehead atoms. The molecule has 3 heteroatoms. The van der Waals surface area contributed by atoms with E-state index in [1.54, 1.807) is 0 Å². The largest absolute Gasteiger partial charge is 0.468 e. The Labute approximate surface area is 117 Å². The highest BCUT2D eigenvalue weighted by molar-refractivity contribution is 5.75. The molecule has 0 aromatic rings. The number of esters is 1. The standard InChI is InChI=1S/C16H29NO2/c1-3-14(15(18)19-2)17-13-7-11-16(12-8-13)9-5-4-6-10-16/h13-14,17H,3-12H2,1-2H3/t14-/m0/s1. The molecule has 0 unspecified atom stereocenters. The van der Waals surface area contributed by atoms with Gasteiger partial charge in [0.15, 0.2) is 0 Å². The van der Waals surface area contributed by atoms with E-state index in [4.69, 9.17) is 4.74 Å². The van der Waals surface area contributed by atoms with Crippen LogP contribution in [-0.2, 0) is 9.53 Å². The summed E-state index contributed by atoms with van der Waals surface area (Å²) in [5.74, 6) is -0.111. The van der Waals surface area contributed by atoms with Crippen LogP contribution in [0.3, 0.4) is 0 Å². The van der Waals surface area contributed by atoms with E-state index < -0.39 is 0 Å². The molecule has 1 spiro atoms. The Kier molecular flexibility index (Phi) is 5.26. The van der Waals surface area contributed by atoms with Gasteiger partial charge < -0.3 is 10.1 Å². The maximum atomic E-state index is 11.6. The maximum absolute atomic E-state index is 11.6. The van der Waals surface area contributed by atoms with Crippen LogP contribution in [0.25, 0.3) is 0 Å². The molecule has 0 aromatic heterocycles. The predicted octanol–water partition coefficient (Wildman–Crippen LogP) is 3.42. The fourth-order valence-corrected chi connectivity index (χ4v) is 3.98. The SMILES string of the molecule is CC[C@H](NC1CCC2(CCCCC2)CC1)C(=O)OC. The van der Waals surface area contributed by atoms with Crippen LogP contribution in [0, 0.1) is 5.41 Å². The lowest BCUT2D eigenvalue weighted by atomic mass is 9.64. The minimum atomic E-state index is -0.115. The quantitative estimate of drug-likeness (QED) is 0.793. The van der Waals surface area contributed by atoms with Crippen molar-refractivity contribution < 1.29 is 9.53 Å². The zero-order valence-electron chi connectivity index (χ0n) is 12.5. The van der Waals surface area contributed by atoms with Gasteiger partial charge in [0.1, 0.15) is 6.04 Å². The molecule has 2 fully saturated rings. The summed E-state index contributed by atoms with van der Waals surface area (Å²) in [6.45, 7) is 2.04. The van der Waals surface area contributed by atoms with Crippen molar-refractivity contribution in [3.63, 3.8) is 0 Å². The van der Waals surface area contributed by atoms with E-state index in [9.17, 15) is 4.79 Å². The summed E-state index contributed by atoms with van der Waals surface area (Å²) in [6.07, 6.45) is 13.1. The number of carbonyl (C=O) groups excluding carboxylic acids is 1. The van der Waals surface area contributed by atoms with Gasteiger partial charge in [-0.3, -0.25) is 4.79 Å². The second kappa shape index (κ2) is 6.74. The molecular formula is C16H29NO2. The molecule has 3 nitrogen and oxygen atoms in total. The van der Waals surface area contributed by atoms with Gasteiger partial charge in [-0.2, -0.15) is 0 Å². The van der Waals surface area contributed by atoms with Crippen LogP contribution in [0.4, 0.5) is 0 Å². The van der Waals surface area contributed by atoms with Crippen molar-refractivity contribution in [2.24, 2.45) is 5.41 Å². The molecule has 110 valence electrons. The lowest BCUT2D eigenvalue weighted by Gasteiger charge is -2.43. The Morgan fingerprint density at radius 1 is 1.21 bits per heavy atom. The van der Waals surface area contributed by atoms with Gasteiger partial charge in [0.25, 0.3) is 0 Å². The second-order valence-corrected chi connectivity index (χ2v) is 6.49. The van der Waals surface area contributed by atoms with Crippen LogP contribution in [0.2, 0.25) is 0 Å². The van der Waals surface area contributed by atoms with E-state index in [1.165, 1.54) is 64.9 Å². The Balaban J connectivity index is 1.80. The molecule has 2 saturated carbocycles. The van der Waals surface area contributed by atoms with Crippen molar-refractivity contribution in [2.75, 3.05) is 7.11 Å². The molecule has 0 amide bonds. The van der Waals surface area contributed by atoms with E-state index in [0.29, 0.717) is 11.5 Å². The summed E-state index contributed by atoms with van der Waals surface area (Å²) < 4.78 is 4.85. The molecule has 2 aliphatic carbocycles. The molecular weight excluding hydrogens is 238 g/mol. The summed E-state index contributed by atoms with van der Waals surface area (Å²) in [6, 6.07) is 0.395. The highest BCUT2D eigenvalue weighted by atomic mass is 16.5. The van der Waals surface area contributed by atoms with Crippen molar-refractivity contribution in [2.45, 2.75) is 83.2 Å². The fourth-order valence-electron chi connectivity index (χ4n) is 3.98. The zero-order valence-corrected chi connectivity index (χ0v) is 12.5. The number of carbonyl (C=O) groups is 1. The average molecular weight is 267 g/mol. The number of hydrogen-bond acceptors (Lipinski definition) is 3. The highest BCUT2D eigenvalue weighted by Gasteiger charge is 2.36. The van der Waals surface area contributed by atoms with Gasteiger partial charge in [0, 0.05) is 6.04 Å². The van der Waals surface area contributed by atoms with Gasteiger partial charge in [-0.05, 0) is 50.4 Å². The van der Waals surface area contributed by atoms with Crippen molar-refractivity contribution in [3.8, 4) is 0 Å². The number of ether oxygens (including phenoxy) is 1. The average Bonchev–Trinajstić information content (AvgIpc) is 2.47. The van der Waals surface area contributed by atoms with E-state index >= 15 is 0 Å². The van der Waals surface area contributed by atoms with Gasteiger partial charge in [0.2, 0.25) is 0 Å². The van der Waals surface area contributed by atoms with Gasteiger partial charge >= 0.3 is 5.97 Å². The lowest BCUT2D eigenvalue weighted by Crippen LogP contribution is -2.46. The van der Waals surface area contributed by atoms with E-state index in [-0.39, 0.29) is 12.0 Å². The summed E-state index contributed by atoms with van der Waals surface area (Å²) in [5, 5.41) is 3.50. The Morgan fingerprint density at radius 2 is 1.84 bits per heavy atom. The molecule has 1 N–H and O–H groups in total. The first kappa shape index (κ1) is 14.8. The van der Waals surface area contributed by atoms with Crippen molar-refractivity contribution in [1.29, 1.82) is 0 Å². The summed E-state index contributed by atoms with van der Waals surface area (Å²) >= 11 is 0. The molecule has 1 atom stereocenters. The number of rotatable bonds is 4. The smallest absolute Gasteiger partial charge is 0.322 e. The van der Waals surface area contributed by atoms with E-state index in [0.717, 1.165) is 6.42 Å². The number of methoxy groups -OCH3 is 1. The minimum Gasteiger partial charge on any atom is -0.468 e. The highest BCUT2D eigenvalue weighted by Crippen LogP contribution is 2.47. The zero-order chi connectivity index (χ0) is 13.7. The molecule has 0 aliphatic heterocycles. The number of hydrogen-bond donors (Lipinski definition) is 1. The summed E-state index contributed by atoms with van der Waals surface area (Å²) in [4.78, 5) is 11.6. The normalized spacial score (nSPS) is 25.2. The first-order valence-corrected chi connectivity index (χ1v) is 8.03. The van der Waals surface area contributed by atoms with Gasteiger partial charge in [0.05, 0.1) is 7.11 Å². The van der Waals surface area contributed by atoms with Crippen LogP contribution in [0.15, 0.2) is 0 Å². The Hall–Kier alpha value is -0.570. The molecule has 2 aliphatic rings.